The van der Waals surface area contributed by atoms with Crippen molar-refractivity contribution >= 4 is 46.6 Å². The number of hydrogen-bond donors (Lipinski definition) is 1. The van der Waals surface area contributed by atoms with Crippen molar-refractivity contribution in [1.82, 2.24) is 0 Å². The predicted octanol–water partition coefficient (Wildman–Crippen LogP) is 9.07. The highest BCUT2D eigenvalue weighted by molar-refractivity contribution is 6.32. The van der Waals surface area contributed by atoms with Crippen LogP contribution in [0.5, 0.6) is 5.75 Å². The molecule has 7 nitrogen and oxygen atoms in total. The first-order valence-electron chi connectivity index (χ1n) is 17.7. The van der Waals surface area contributed by atoms with E-state index >= 15 is 4.79 Å². The molecular weight excluding hydrogens is 762 g/mol. The Hall–Kier alpha value is -5.43. The van der Waals surface area contributed by atoms with E-state index in [9.17, 15) is 45.8 Å². The molecule has 4 amide bonds. The number of aromatic hydroxyl groups is 1. The van der Waals surface area contributed by atoms with E-state index in [0.29, 0.717) is 44.9 Å². The average molecular weight is 793 g/mol. The van der Waals surface area contributed by atoms with Crippen molar-refractivity contribution in [3.05, 3.63) is 135 Å². The molecule has 0 radical (unpaired) electrons. The molecule has 8 rings (SSSR count). The summed E-state index contributed by atoms with van der Waals surface area (Å²) in [6, 6.07) is 18.9. The number of rotatable bonds is 4. The monoisotopic (exact) mass is 792 g/mol. The number of alkyl halides is 6. The number of fused-ring (bicyclic) bond motifs is 4. The van der Waals surface area contributed by atoms with Crippen LogP contribution in [0, 0.1) is 37.5 Å². The molecule has 3 fully saturated rings. The van der Waals surface area contributed by atoms with E-state index in [-0.39, 0.29) is 35.4 Å². The van der Waals surface area contributed by atoms with Crippen LogP contribution in [-0.4, -0.2) is 28.7 Å². The Kier molecular flexibility index (Phi) is 8.57. The molecule has 2 heterocycles. The van der Waals surface area contributed by atoms with Crippen molar-refractivity contribution in [2.75, 3.05) is 9.80 Å². The van der Waals surface area contributed by atoms with E-state index in [2.05, 4.69) is 0 Å². The highest BCUT2D eigenvalue weighted by atomic mass is 35.5. The molecule has 2 saturated heterocycles. The standard InChI is InChI=1S/C42H31ClF6N2O5/c1-20-13-22(14-21(2)35(20)52)34-29-11-12-30-33(38(55)50(36(30)53)28-16-24(41(44,45)46)15-25(17-28)42(47,48)49)31(29)19-32-37(54)51(27-10-6-9-26(43)18-27)39(56)40(32,34)23-7-4-3-5-8-23/h3-11,13-18,30-34,52H,12,19H2,1-2H3. The zero-order valence-corrected chi connectivity index (χ0v) is 30.3. The minimum Gasteiger partial charge on any atom is -0.507 e. The lowest BCUT2D eigenvalue weighted by molar-refractivity contribution is -0.143. The van der Waals surface area contributed by atoms with Crippen LogP contribution in [-0.2, 0) is 36.9 Å². The van der Waals surface area contributed by atoms with Gasteiger partial charge in [-0.2, -0.15) is 26.3 Å². The zero-order valence-electron chi connectivity index (χ0n) is 29.6. The molecule has 14 heteroatoms. The number of amides is 4. The second-order valence-corrected chi connectivity index (χ2v) is 15.3. The summed E-state index contributed by atoms with van der Waals surface area (Å²) in [6.45, 7) is 3.34. The minimum atomic E-state index is -5.23. The number of anilines is 2. The van der Waals surface area contributed by atoms with Gasteiger partial charge in [0.05, 0.1) is 45.7 Å². The number of carbonyl (C=O) groups is 4. The van der Waals surface area contributed by atoms with E-state index in [1.165, 1.54) is 6.07 Å². The van der Waals surface area contributed by atoms with E-state index < -0.39 is 87.8 Å². The first-order valence-corrected chi connectivity index (χ1v) is 18.1. The Morgan fingerprint density at radius 3 is 1.93 bits per heavy atom. The maximum atomic E-state index is 15.4. The number of aryl methyl sites for hydroxylation is 2. The van der Waals surface area contributed by atoms with Crippen LogP contribution in [0.15, 0.2) is 96.6 Å². The van der Waals surface area contributed by atoms with Gasteiger partial charge in [0, 0.05) is 10.9 Å². The summed E-state index contributed by atoms with van der Waals surface area (Å²) in [7, 11) is 0. The number of imide groups is 2. The predicted molar refractivity (Wildman–Crippen MR) is 193 cm³/mol. The quantitative estimate of drug-likeness (QED) is 0.127. The Labute approximate surface area is 321 Å². The van der Waals surface area contributed by atoms with Crippen LogP contribution < -0.4 is 9.80 Å². The highest BCUT2D eigenvalue weighted by Crippen LogP contribution is 2.65. The first-order chi connectivity index (χ1) is 26.3. The third kappa shape index (κ3) is 5.48. The largest absolute Gasteiger partial charge is 0.507 e. The SMILES string of the molecule is Cc1cc(C2C3=CCC4C(=O)N(c5cc(C(F)(F)F)cc(C(F)(F)F)c5)C(=O)C4C3CC3C(=O)N(c4cccc(Cl)c4)C(=O)C32c2ccccc2)cc(C)c1O. The van der Waals surface area contributed by atoms with E-state index in [1.807, 2.05) is 0 Å². The molecule has 0 aromatic heterocycles. The van der Waals surface area contributed by atoms with E-state index in [1.54, 1.807) is 80.6 Å². The second kappa shape index (κ2) is 12.8. The van der Waals surface area contributed by atoms with Gasteiger partial charge in [-0.1, -0.05) is 71.8 Å². The second-order valence-electron chi connectivity index (χ2n) is 14.9. The molecule has 1 saturated carbocycles. The lowest BCUT2D eigenvalue weighted by atomic mass is 9.49. The van der Waals surface area contributed by atoms with E-state index in [0.717, 1.165) is 4.90 Å². The summed E-state index contributed by atoms with van der Waals surface area (Å²) in [5.74, 6) is -8.70. The van der Waals surface area contributed by atoms with Gasteiger partial charge in [0.25, 0.3) is 0 Å². The first kappa shape index (κ1) is 37.5. The lowest BCUT2D eigenvalue weighted by Gasteiger charge is -2.51. The molecular formula is C42H31ClF6N2O5. The fraction of sp³-hybridized carbons (Fsp3) is 0.286. The molecule has 56 heavy (non-hydrogen) atoms. The van der Waals surface area contributed by atoms with Gasteiger partial charge in [-0.05, 0) is 91.3 Å². The van der Waals surface area contributed by atoms with Gasteiger partial charge in [0.15, 0.2) is 0 Å². The van der Waals surface area contributed by atoms with Crippen molar-refractivity contribution in [3.63, 3.8) is 0 Å². The third-order valence-corrected chi connectivity index (χ3v) is 12.1. The van der Waals surface area contributed by atoms with Crippen LogP contribution in [0.25, 0.3) is 0 Å². The third-order valence-electron chi connectivity index (χ3n) is 11.8. The molecule has 2 aliphatic carbocycles. The fourth-order valence-electron chi connectivity index (χ4n) is 9.60. The highest BCUT2D eigenvalue weighted by Gasteiger charge is 2.70. The summed E-state index contributed by atoms with van der Waals surface area (Å²) in [4.78, 5) is 60.3. The molecule has 0 bridgehead atoms. The van der Waals surface area contributed by atoms with E-state index in [4.69, 9.17) is 11.6 Å². The van der Waals surface area contributed by atoms with Crippen LogP contribution in [0.3, 0.4) is 0 Å². The molecule has 1 N–H and O–H groups in total. The normalized spacial score (nSPS) is 26.3. The van der Waals surface area contributed by atoms with Gasteiger partial charge < -0.3 is 5.11 Å². The molecule has 288 valence electrons. The van der Waals surface area contributed by atoms with Gasteiger partial charge in [0.1, 0.15) is 5.75 Å². The Morgan fingerprint density at radius 1 is 0.714 bits per heavy atom. The molecule has 4 aromatic rings. The number of halogens is 7. The van der Waals surface area contributed by atoms with Crippen LogP contribution in [0.1, 0.15) is 52.1 Å². The van der Waals surface area contributed by atoms with Crippen LogP contribution in [0.2, 0.25) is 5.02 Å². The average Bonchev–Trinajstić information content (AvgIpc) is 3.53. The number of nitrogens with zero attached hydrogens (tertiary/aromatic N) is 2. The van der Waals surface area contributed by atoms with Crippen molar-refractivity contribution < 1.29 is 50.6 Å². The Morgan fingerprint density at radius 2 is 1.34 bits per heavy atom. The zero-order chi connectivity index (χ0) is 40.2. The molecule has 6 atom stereocenters. The molecule has 4 aliphatic rings. The van der Waals surface area contributed by atoms with Crippen molar-refractivity contribution in [1.29, 1.82) is 0 Å². The summed E-state index contributed by atoms with van der Waals surface area (Å²) < 4.78 is 83.5. The van der Waals surface area contributed by atoms with Crippen molar-refractivity contribution in [3.8, 4) is 5.75 Å². The summed E-state index contributed by atoms with van der Waals surface area (Å²) in [5.41, 5.74) is -3.22. The molecule has 4 aromatic carbocycles. The molecule has 0 spiro atoms. The van der Waals surface area contributed by atoms with Crippen LogP contribution in [0.4, 0.5) is 37.7 Å². The number of phenols is 1. The number of hydrogen-bond acceptors (Lipinski definition) is 5. The molecule has 6 unspecified atom stereocenters. The number of phenolic OH excluding ortho intramolecular Hbond substituents is 1. The minimum absolute atomic E-state index is 0.00464. The van der Waals surface area contributed by atoms with Gasteiger partial charge in [-0.15, -0.1) is 0 Å². The summed E-state index contributed by atoms with van der Waals surface area (Å²) in [6.07, 6.45) is -9.02. The maximum absolute atomic E-state index is 15.4. The number of carbonyl (C=O) groups excluding carboxylic acids is 4. The van der Waals surface area contributed by atoms with Gasteiger partial charge in [-0.25, -0.2) is 9.80 Å². The summed E-state index contributed by atoms with van der Waals surface area (Å²) >= 11 is 6.34. The van der Waals surface area contributed by atoms with Gasteiger partial charge in [0.2, 0.25) is 23.6 Å². The topological polar surface area (TPSA) is 95.0 Å². The Balaban J connectivity index is 1.34. The van der Waals surface area contributed by atoms with Crippen molar-refractivity contribution in [2.45, 2.75) is 50.4 Å². The molecule has 2 aliphatic heterocycles. The van der Waals surface area contributed by atoms with Gasteiger partial charge >= 0.3 is 12.4 Å². The number of allylic oxidation sites excluding steroid dienone is 2. The lowest BCUT2D eigenvalue weighted by Crippen LogP contribution is -2.53. The summed E-state index contributed by atoms with van der Waals surface area (Å²) in [5, 5.41) is 11.1. The van der Waals surface area contributed by atoms with Gasteiger partial charge in [-0.3, -0.25) is 19.2 Å². The van der Waals surface area contributed by atoms with Crippen molar-refractivity contribution in [2.24, 2.45) is 23.7 Å². The van der Waals surface area contributed by atoms with Crippen LogP contribution >= 0.6 is 11.6 Å². The Bertz CT molecular complexity index is 2340. The maximum Gasteiger partial charge on any atom is 0.416 e. The fourth-order valence-corrected chi connectivity index (χ4v) is 9.78. The number of benzene rings is 4. The smallest absolute Gasteiger partial charge is 0.416 e.